The Bertz CT molecular complexity index is 862. The molecule has 6 nitrogen and oxygen atoms in total. The average molecular weight is 380 g/mol. The van der Waals surface area contributed by atoms with Crippen LogP contribution >= 0.6 is 0 Å². The van der Waals surface area contributed by atoms with E-state index in [-0.39, 0.29) is 29.1 Å². The van der Waals surface area contributed by atoms with Crippen LogP contribution < -0.4 is 10.1 Å². The number of esters is 1. The van der Waals surface area contributed by atoms with Gasteiger partial charge in [0.1, 0.15) is 11.6 Å². The van der Waals surface area contributed by atoms with Crippen molar-refractivity contribution in [3.63, 3.8) is 0 Å². The fourth-order valence-corrected chi connectivity index (χ4v) is 2.39. The lowest BCUT2D eigenvalue weighted by atomic mass is 10.1. The first-order valence-electron chi connectivity index (χ1n) is 8.02. The zero-order valence-corrected chi connectivity index (χ0v) is 14.2. The summed E-state index contributed by atoms with van der Waals surface area (Å²) in [5.74, 6) is -1.15. The van der Waals surface area contributed by atoms with Gasteiger partial charge in [0.25, 0.3) is 0 Å². The number of carbonyl (C=O) groups is 2. The molecule has 0 bridgehead atoms. The van der Waals surface area contributed by atoms with Crippen LogP contribution in [0.2, 0.25) is 0 Å². The lowest BCUT2D eigenvalue weighted by Gasteiger charge is -2.11. The third-order valence-electron chi connectivity index (χ3n) is 3.84. The molecule has 1 heterocycles. The van der Waals surface area contributed by atoms with E-state index in [2.05, 4.69) is 19.8 Å². The SMILES string of the molecule is COC(=O)c1cc(-c2ccc(OC(F)(F)F)cc2)cc(NC(=O)C2CC2)n1. The summed E-state index contributed by atoms with van der Waals surface area (Å²) < 4.78 is 45.3. The third-order valence-corrected chi connectivity index (χ3v) is 3.84. The molecule has 142 valence electrons. The highest BCUT2D eigenvalue weighted by Crippen LogP contribution is 2.31. The normalized spacial score (nSPS) is 13.8. The minimum atomic E-state index is -4.78. The standard InChI is InChI=1S/C18H15F3N2O4/c1-26-17(25)14-8-12(9-15(22-14)23-16(24)11-2-3-11)10-4-6-13(7-5-10)27-18(19,20)21/h4-9,11H,2-3H2,1H3,(H,22,23,24). The number of benzene rings is 1. The number of alkyl halides is 3. The largest absolute Gasteiger partial charge is 0.573 e. The first-order chi connectivity index (χ1) is 12.7. The topological polar surface area (TPSA) is 77.5 Å². The van der Waals surface area contributed by atoms with E-state index in [0.29, 0.717) is 11.1 Å². The zero-order chi connectivity index (χ0) is 19.6. The maximum atomic E-state index is 12.3. The van der Waals surface area contributed by atoms with E-state index in [1.165, 1.54) is 31.4 Å². The monoisotopic (exact) mass is 380 g/mol. The van der Waals surface area contributed by atoms with Gasteiger partial charge in [0.2, 0.25) is 5.91 Å². The van der Waals surface area contributed by atoms with Gasteiger partial charge in [-0.05, 0) is 48.2 Å². The van der Waals surface area contributed by atoms with Crippen LogP contribution in [0.1, 0.15) is 23.3 Å². The van der Waals surface area contributed by atoms with E-state index >= 15 is 0 Å². The number of aromatic nitrogens is 1. The minimum absolute atomic E-state index is 0.0308. The Kier molecular flexibility index (Phi) is 5.02. The van der Waals surface area contributed by atoms with E-state index in [1.807, 2.05) is 0 Å². The van der Waals surface area contributed by atoms with Crippen molar-refractivity contribution in [2.45, 2.75) is 19.2 Å². The Morgan fingerprint density at radius 1 is 1.11 bits per heavy atom. The fourth-order valence-electron chi connectivity index (χ4n) is 2.39. The molecule has 1 N–H and O–H groups in total. The second kappa shape index (κ2) is 7.26. The molecule has 1 amide bonds. The van der Waals surface area contributed by atoms with Gasteiger partial charge in [-0.25, -0.2) is 9.78 Å². The van der Waals surface area contributed by atoms with Gasteiger partial charge in [-0.15, -0.1) is 13.2 Å². The molecule has 0 unspecified atom stereocenters. The number of rotatable bonds is 5. The molecule has 0 saturated heterocycles. The summed E-state index contributed by atoms with van der Waals surface area (Å²) in [6.07, 6.45) is -3.18. The molecule has 0 spiro atoms. The summed E-state index contributed by atoms with van der Waals surface area (Å²) in [5, 5.41) is 2.64. The van der Waals surface area contributed by atoms with E-state index in [4.69, 9.17) is 0 Å². The highest BCUT2D eigenvalue weighted by molar-refractivity contribution is 5.95. The fraction of sp³-hybridized carbons (Fsp3) is 0.278. The predicted molar refractivity (Wildman–Crippen MR) is 89.0 cm³/mol. The van der Waals surface area contributed by atoms with Gasteiger partial charge < -0.3 is 14.8 Å². The lowest BCUT2D eigenvalue weighted by molar-refractivity contribution is -0.274. The molecule has 0 aliphatic heterocycles. The van der Waals surface area contributed by atoms with Gasteiger partial charge in [0.15, 0.2) is 5.69 Å². The van der Waals surface area contributed by atoms with E-state index < -0.39 is 12.3 Å². The molecule has 1 fully saturated rings. The van der Waals surface area contributed by atoms with Gasteiger partial charge in [0.05, 0.1) is 7.11 Å². The lowest BCUT2D eigenvalue weighted by Crippen LogP contribution is -2.17. The van der Waals surface area contributed by atoms with E-state index in [9.17, 15) is 22.8 Å². The van der Waals surface area contributed by atoms with Crippen LogP contribution in [-0.4, -0.2) is 30.3 Å². The van der Waals surface area contributed by atoms with Gasteiger partial charge in [-0.3, -0.25) is 4.79 Å². The van der Waals surface area contributed by atoms with Gasteiger partial charge in [0, 0.05) is 5.92 Å². The highest BCUT2D eigenvalue weighted by Gasteiger charge is 2.31. The molecule has 3 rings (SSSR count). The molecule has 1 aliphatic carbocycles. The van der Waals surface area contributed by atoms with E-state index in [1.54, 1.807) is 0 Å². The summed E-state index contributed by atoms with van der Waals surface area (Å²) in [4.78, 5) is 27.9. The van der Waals surface area contributed by atoms with Crippen molar-refractivity contribution in [1.82, 2.24) is 4.98 Å². The van der Waals surface area contributed by atoms with Crippen molar-refractivity contribution in [2.24, 2.45) is 5.92 Å². The smallest absolute Gasteiger partial charge is 0.464 e. The minimum Gasteiger partial charge on any atom is -0.464 e. The van der Waals surface area contributed by atoms with Crippen LogP contribution in [0, 0.1) is 5.92 Å². The molecule has 1 saturated carbocycles. The van der Waals surface area contributed by atoms with Crippen molar-refractivity contribution >= 4 is 17.7 Å². The molecule has 0 atom stereocenters. The quantitative estimate of drug-likeness (QED) is 0.799. The maximum absolute atomic E-state index is 12.3. The first kappa shape index (κ1) is 18.7. The number of halogens is 3. The molecular weight excluding hydrogens is 365 g/mol. The number of hydrogen-bond acceptors (Lipinski definition) is 5. The van der Waals surface area contributed by atoms with Gasteiger partial charge >= 0.3 is 12.3 Å². The van der Waals surface area contributed by atoms with Crippen LogP contribution in [-0.2, 0) is 9.53 Å². The number of methoxy groups -OCH3 is 1. The van der Waals surface area contributed by atoms with Crippen molar-refractivity contribution in [1.29, 1.82) is 0 Å². The molecule has 1 aliphatic rings. The second-order valence-electron chi connectivity index (χ2n) is 5.95. The van der Waals surface area contributed by atoms with Crippen molar-refractivity contribution in [3.8, 4) is 16.9 Å². The number of ether oxygens (including phenoxy) is 2. The summed E-state index contributed by atoms with van der Waals surface area (Å²) in [5.41, 5.74) is 0.964. The van der Waals surface area contributed by atoms with Crippen LogP contribution in [0.25, 0.3) is 11.1 Å². The Labute approximate surface area is 152 Å². The summed E-state index contributed by atoms with van der Waals surface area (Å²) in [7, 11) is 1.20. The number of nitrogens with one attached hydrogen (secondary N) is 1. The zero-order valence-electron chi connectivity index (χ0n) is 14.2. The Morgan fingerprint density at radius 3 is 2.33 bits per heavy atom. The second-order valence-corrected chi connectivity index (χ2v) is 5.95. The van der Waals surface area contributed by atoms with Crippen molar-refractivity contribution < 1.29 is 32.2 Å². The number of carbonyl (C=O) groups excluding carboxylic acids is 2. The molecular formula is C18H15F3N2O4. The molecule has 1 aromatic heterocycles. The predicted octanol–water partition coefficient (Wildman–Crippen LogP) is 3.78. The highest BCUT2D eigenvalue weighted by atomic mass is 19.4. The average Bonchev–Trinajstić information content (AvgIpc) is 3.45. The number of nitrogens with zero attached hydrogens (tertiary/aromatic N) is 1. The molecule has 9 heteroatoms. The number of pyridine rings is 1. The summed E-state index contributed by atoms with van der Waals surface area (Å²) in [6.45, 7) is 0. The van der Waals surface area contributed by atoms with Crippen LogP contribution in [0.15, 0.2) is 36.4 Å². The van der Waals surface area contributed by atoms with Crippen LogP contribution in [0.4, 0.5) is 19.0 Å². The van der Waals surface area contributed by atoms with Crippen molar-refractivity contribution in [2.75, 3.05) is 12.4 Å². The number of hydrogen-bond donors (Lipinski definition) is 1. The Morgan fingerprint density at radius 2 is 1.78 bits per heavy atom. The third kappa shape index (κ3) is 4.96. The summed E-state index contributed by atoms with van der Waals surface area (Å²) in [6, 6.07) is 8.09. The molecule has 27 heavy (non-hydrogen) atoms. The van der Waals surface area contributed by atoms with Crippen LogP contribution in [0.3, 0.4) is 0 Å². The Balaban J connectivity index is 1.90. The summed E-state index contributed by atoms with van der Waals surface area (Å²) >= 11 is 0. The number of anilines is 1. The molecule has 0 radical (unpaired) electrons. The van der Waals surface area contributed by atoms with Gasteiger partial charge in [-0.1, -0.05) is 12.1 Å². The molecule has 2 aromatic rings. The van der Waals surface area contributed by atoms with Crippen molar-refractivity contribution in [3.05, 3.63) is 42.1 Å². The first-order valence-corrected chi connectivity index (χ1v) is 8.02. The van der Waals surface area contributed by atoms with E-state index in [0.717, 1.165) is 25.0 Å². The number of amides is 1. The molecule has 1 aromatic carbocycles. The van der Waals surface area contributed by atoms with Crippen LogP contribution in [0.5, 0.6) is 5.75 Å². The maximum Gasteiger partial charge on any atom is 0.573 e. The van der Waals surface area contributed by atoms with Gasteiger partial charge in [-0.2, -0.15) is 0 Å². The Hall–Kier alpha value is -3.10.